The molecule has 2 aliphatic heterocycles. The van der Waals surface area contributed by atoms with Crippen LogP contribution >= 0.6 is 0 Å². The normalized spacial score (nSPS) is 45.2. The Bertz CT molecular complexity index is 953. The van der Waals surface area contributed by atoms with Crippen molar-refractivity contribution in [2.45, 2.75) is 115 Å². The second-order valence-corrected chi connectivity index (χ2v) is 15.4. The molecule has 0 unspecified atom stereocenters. The maximum Gasteiger partial charge on any atom is 0.310 e. The van der Waals surface area contributed by atoms with Crippen LogP contribution in [0.5, 0.6) is 0 Å². The van der Waals surface area contributed by atoms with Crippen molar-refractivity contribution in [2.24, 2.45) is 34.5 Å². The monoisotopic (exact) mass is 591 g/mol. The van der Waals surface area contributed by atoms with Crippen LogP contribution in [0.1, 0.15) is 85.0 Å². The molecular formula is C33H57N3O6. The summed E-state index contributed by atoms with van der Waals surface area (Å²) in [6, 6.07) is 0.590. The van der Waals surface area contributed by atoms with Gasteiger partial charge in [-0.25, -0.2) is 0 Å². The molecule has 6 fully saturated rings. The van der Waals surface area contributed by atoms with E-state index in [4.69, 9.17) is 5.11 Å². The van der Waals surface area contributed by atoms with Gasteiger partial charge >= 0.3 is 5.97 Å². The standard InChI is InChI=1S/C29H51N3O3.C4H6O3/c1-28-9-6-22-21(23(28)17-24(27(28)35)32-14-12-30(3)13-15-32)5-4-19-16-26(34)25(18-29(19,22)2)31-10-7-20(33)8-11-31;1-3(5)2-4(6)7/h19-27,33-35H,4-18H2,1-3H3;2H2,1H3,(H,6,7)/t19-,21+,22-,23-,24-,25-,26-,27-,28-,29-;/m0./s1. The number of aliphatic hydroxyl groups is 3. The first-order valence-corrected chi connectivity index (χ1v) is 16.8. The van der Waals surface area contributed by atoms with Gasteiger partial charge in [0.05, 0.1) is 18.3 Å². The lowest BCUT2D eigenvalue weighted by Gasteiger charge is -2.62. The highest BCUT2D eigenvalue weighted by Gasteiger charge is 2.63. The Morgan fingerprint density at radius 3 is 2.02 bits per heavy atom. The molecule has 0 spiro atoms. The fourth-order valence-electron chi connectivity index (χ4n) is 10.6. The number of likely N-dealkylation sites (tertiary alicyclic amines) is 1. The highest BCUT2D eigenvalue weighted by molar-refractivity contribution is 5.93. The highest BCUT2D eigenvalue weighted by atomic mass is 16.4. The molecule has 9 heteroatoms. The molecule has 2 heterocycles. The van der Waals surface area contributed by atoms with Crippen LogP contribution in [0.4, 0.5) is 0 Å². The third-order valence-electron chi connectivity index (χ3n) is 13.0. The third-order valence-corrected chi connectivity index (χ3v) is 13.0. The van der Waals surface area contributed by atoms with E-state index in [-0.39, 0.29) is 42.0 Å². The van der Waals surface area contributed by atoms with Gasteiger partial charge in [0.15, 0.2) is 0 Å². The van der Waals surface area contributed by atoms with Crippen LogP contribution in [0.2, 0.25) is 0 Å². The van der Waals surface area contributed by atoms with E-state index in [1.165, 1.54) is 32.6 Å². The smallest absolute Gasteiger partial charge is 0.310 e. The summed E-state index contributed by atoms with van der Waals surface area (Å²) in [6.07, 6.45) is 8.97. The van der Waals surface area contributed by atoms with Crippen molar-refractivity contribution in [3.05, 3.63) is 0 Å². The minimum absolute atomic E-state index is 0.0645. The number of rotatable bonds is 4. The maximum absolute atomic E-state index is 11.7. The number of carbonyl (C=O) groups is 2. The first kappa shape index (κ1) is 32.3. The molecule has 10 atom stereocenters. The molecule has 240 valence electrons. The SMILES string of the molecule is CC(=O)CC(=O)O.CN1CCN([C@H]2C[C@H]3[C@@H]4CC[C@H]5C[C@H](O)[C@@H](N6CCC(O)CC6)C[C@]5(C)[C@H]4CC[C@]3(C)[C@H]2O)CC1. The topological polar surface area (TPSA) is 125 Å². The van der Waals surface area contributed by atoms with Crippen molar-refractivity contribution >= 4 is 11.8 Å². The molecule has 0 radical (unpaired) electrons. The van der Waals surface area contributed by atoms with Crippen LogP contribution < -0.4 is 0 Å². The van der Waals surface area contributed by atoms with Gasteiger partial charge in [0.25, 0.3) is 0 Å². The van der Waals surface area contributed by atoms with Gasteiger partial charge < -0.3 is 25.3 Å². The number of carbonyl (C=O) groups excluding carboxylic acids is 1. The van der Waals surface area contributed by atoms with Gasteiger partial charge in [0.2, 0.25) is 0 Å². The number of carboxylic acid groups (broad SMARTS) is 1. The molecule has 4 N–H and O–H groups in total. The summed E-state index contributed by atoms with van der Waals surface area (Å²) in [5.41, 5.74) is 0.357. The molecule has 4 saturated carbocycles. The lowest BCUT2D eigenvalue weighted by atomic mass is 9.44. The highest BCUT2D eigenvalue weighted by Crippen LogP contribution is 2.66. The minimum Gasteiger partial charge on any atom is -0.481 e. The first-order chi connectivity index (χ1) is 19.8. The second-order valence-electron chi connectivity index (χ2n) is 15.4. The molecule has 6 rings (SSSR count). The molecule has 9 nitrogen and oxygen atoms in total. The lowest BCUT2D eigenvalue weighted by Crippen LogP contribution is -2.60. The molecule has 0 aromatic carbocycles. The summed E-state index contributed by atoms with van der Waals surface area (Å²) >= 11 is 0. The largest absolute Gasteiger partial charge is 0.481 e. The number of aliphatic carboxylic acids is 1. The number of likely N-dealkylation sites (N-methyl/N-ethyl adjacent to an activating group) is 1. The van der Waals surface area contributed by atoms with Crippen molar-refractivity contribution in [3.8, 4) is 0 Å². The second kappa shape index (κ2) is 12.7. The number of Topliss-reactive ketones (excluding diaryl/α,β-unsaturated/α-hetero) is 1. The summed E-state index contributed by atoms with van der Waals surface area (Å²) in [6.45, 7) is 12.5. The molecular weight excluding hydrogens is 534 g/mol. The summed E-state index contributed by atoms with van der Waals surface area (Å²) < 4.78 is 0. The molecule has 42 heavy (non-hydrogen) atoms. The fourth-order valence-corrected chi connectivity index (χ4v) is 10.6. The van der Waals surface area contributed by atoms with Crippen LogP contribution in [0.15, 0.2) is 0 Å². The number of nitrogens with zero attached hydrogens (tertiary/aromatic N) is 3. The molecule has 2 saturated heterocycles. The van der Waals surface area contributed by atoms with Gasteiger partial charge in [0, 0.05) is 51.4 Å². The van der Waals surface area contributed by atoms with E-state index in [1.807, 2.05) is 0 Å². The van der Waals surface area contributed by atoms with Gasteiger partial charge in [-0.1, -0.05) is 13.8 Å². The zero-order chi connectivity index (χ0) is 30.4. The summed E-state index contributed by atoms with van der Waals surface area (Å²) in [7, 11) is 2.22. The lowest BCUT2D eigenvalue weighted by molar-refractivity contribution is -0.156. The predicted octanol–water partition coefficient (Wildman–Crippen LogP) is 2.46. The van der Waals surface area contributed by atoms with E-state index in [1.54, 1.807) is 0 Å². The number of fused-ring (bicyclic) bond motifs is 5. The molecule has 6 aliphatic rings. The zero-order valence-corrected chi connectivity index (χ0v) is 26.5. The van der Waals surface area contributed by atoms with Crippen molar-refractivity contribution in [1.29, 1.82) is 0 Å². The third kappa shape index (κ3) is 6.20. The Kier molecular flexibility index (Phi) is 9.78. The van der Waals surface area contributed by atoms with E-state index in [9.17, 15) is 24.9 Å². The van der Waals surface area contributed by atoms with Crippen LogP contribution in [0.25, 0.3) is 0 Å². The summed E-state index contributed by atoms with van der Waals surface area (Å²) in [4.78, 5) is 27.0. The van der Waals surface area contributed by atoms with Crippen LogP contribution in [-0.4, -0.2) is 124 Å². The van der Waals surface area contributed by atoms with Crippen molar-refractivity contribution in [1.82, 2.24) is 14.7 Å². The van der Waals surface area contributed by atoms with E-state index in [0.717, 1.165) is 83.2 Å². The van der Waals surface area contributed by atoms with Crippen LogP contribution in [0.3, 0.4) is 0 Å². The minimum atomic E-state index is -1.06. The van der Waals surface area contributed by atoms with E-state index >= 15 is 0 Å². The molecule has 0 aromatic rings. The zero-order valence-electron chi connectivity index (χ0n) is 26.5. The Labute approximate surface area is 252 Å². The Hall–Kier alpha value is -1.10. The van der Waals surface area contributed by atoms with Gasteiger partial charge in [-0.05, 0) is 106 Å². The number of hydrogen-bond acceptors (Lipinski definition) is 8. The molecule has 0 amide bonds. The number of aliphatic hydroxyl groups excluding tert-OH is 3. The number of ketones is 1. The quantitative estimate of drug-likeness (QED) is 0.365. The number of piperazine rings is 1. The van der Waals surface area contributed by atoms with Gasteiger partial charge in [-0.2, -0.15) is 0 Å². The molecule has 0 aromatic heterocycles. The van der Waals surface area contributed by atoms with E-state index < -0.39 is 5.97 Å². The Morgan fingerprint density at radius 2 is 1.43 bits per heavy atom. The van der Waals surface area contributed by atoms with Crippen molar-refractivity contribution < 1.29 is 30.0 Å². The van der Waals surface area contributed by atoms with Crippen LogP contribution in [-0.2, 0) is 9.59 Å². The Morgan fingerprint density at radius 1 is 0.786 bits per heavy atom. The van der Waals surface area contributed by atoms with Crippen molar-refractivity contribution in [3.63, 3.8) is 0 Å². The van der Waals surface area contributed by atoms with Crippen LogP contribution in [0, 0.1) is 34.5 Å². The predicted molar refractivity (Wildman–Crippen MR) is 161 cm³/mol. The average molecular weight is 592 g/mol. The van der Waals surface area contributed by atoms with Crippen molar-refractivity contribution in [2.75, 3.05) is 46.3 Å². The van der Waals surface area contributed by atoms with E-state index in [2.05, 4.69) is 35.6 Å². The maximum atomic E-state index is 11.7. The number of hydrogen-bond donors (Lipinski definition) is 4. The van der Waals surface area contributed by atoms with Gasteiger partial charge in [-0.3, -0.25) is 19.4 Å². The molecule has 0 bridgehead atoms. The number of carboxylic acids is 1. The number of piperidine rings is 1. The summed E-state index contributed by atoms with van der Waals surface area (Å²) in [5, 5.41) is 40.8. The van der Waals surface area contributed by atoms with E-state index in [0.29, 0.717) is 23.3 Å². The van der Waals surface area contributed by atoms with Gasteiger partial charge in [0.1, 0.15) is 12.2 Å². The average Bonchev–Trinajstić information content (AvgIpc) is 3.20. The van der Waals surface area contributed by atoms with Gasteiger partial charge in [-0.15, -0.1) is 0 Å². The first-order valence-electron chi connectivity index (χ1n) is 16.8. The Balaban J connectivity index is 0.000000451. The fraction of sp³-hybridized carbons (Fsp3) is 0.939. The molecule has 4 aliphatic carbocycles. The summed E-state index contributed by atoms with van der Waals surface area (Å²) in [5.74, 6) is 1.34.